The zero-order valence-corrected chi connectivity index (χ0v) is 5.78. The van der Waals surface area contributed by atoms with Gasteiger partial charge in [-0.2, -0.15) is 0 Å². The van der Waals surface area contributed by atoms with Crippen LogP contribution in [0.2, 0.25) is 0 Å². The fraction of sp³-hybridized carbons (Fsp3) is 0. The van der Waals surface area contributed by atoms with E-state index in [0.717, 1.165) is 5.65 Å². The van der Waals surface area contributed by atoms with Crippen molar-refractivity contribution in [3.63, 3.8) is 0 Å². The monoisotopic (exact) mass is 130 g/mol. The van der Waals surface area contributed by atoms with Gasteiger partial charge in [0, 0.05) is 18.6 Å². The van der Waals surface area contributed by atoms with Gasteiger partial charge < -0.3 is 4.40 Å². The van der Waals surface area contributed by atoms with Crippen molar-refractivity contribution in [3.8, 4) is 0 Å². The van der Waals surface area contributed by atoms with Crippen molar-refractivity contribution in [2.24, 2.45) is 0 Å². The van der Waals surface area contributed by atoms with Crippen molar-refractivity contribution in [2.45, 2.75) is 0 Å². The molecule has 2 aromatic heterocycles. The average molecular weight is 130 g/mol. The molecule has 0 bridgehead atoms. The Balaban J connectivity index is 2.86. The molecule has 0 unspecified atom stereocenters. The highest BCUT2D eigenvalue weighted by Crippen LogP contribution is 1.95. The van der Waals surface area contributed by atoms with E-state index in [1.165, 1.54) is 5.46 Å². The number of imidazole rings is 1. The first-order chi connectivity index (χ1) is 4.86. The third kappa shape index (κ3) is 0.710. The predicted molar refractivity (Wildman–Crippen MR) is 43.4 cm³/mol. The molecule has 2 heterocycles. The van der Waals surface area contributed by atoms with Gasteiger partial charge in [0.05, 0.1) is 0 Å². The molecule has 0 aromatic carbocycles. The summed E-state index contributed by atoms with van der Waals surface area (Å²) in [5, 5.41) is 0. The van der Waals surface area contributed by atoms with Crippen LogP contribution in [0.25, 0.3) is 5.65 Å². The van der Waals surface area contributed by atoms with Gasteiger partial charge in [-0.25, -0.2) is 4.98 Å². The maximum Gasteiger partial charge on any atom is 0.141 e. The standard InChI is InChI=1S/C7H7BN2/c8-6-1-2-7-9-3-4-10(7)5-6/h1-5H,8H2. The maximum atomic E-state index is 4.12. The summed E-state index contributed by atoms with van der Waals surface area (Å²) in [7, 11) is 2.07. The lowest BCUT2D eigenvalue weighted by atomic mass is 9.99. The first-order valence-corrected chi connectivity index (χ1v) is 3.25. The summed E-state index contributed by atoms with van der Waals surface area (Å²) in [6.45, 7) is 0. The van der Waals surface area contributed by atoms with E-state index in [0.29, 0.717) is 0 Å². The summed E-state index contributed by atoms with van der Waals surface area (Å²) in [5.74, 6) is 0. The van der Waals surface area contributed by atoms with Crippen LogP contribution in [-0.4, -0.2) is 17.2 Å². The molecule has 0 amide bonds. The molecule has 10 heavy (non-hydrogen) atoms. The molecule has 0 spiro atoms. The lowest BCUT2D eigenvalue weighted by Gasteiger charge is -1.93. The van der Waals surface area contributed by atoms with Crippen molar-refractivity contribution in [3.05, 3.63) is 30.7 Å². The minimum Gasteiger partial charge on any atom is -0.308 e. The van der Waals surface area contributed by atoms with Gasteiger partial charge in [0.15, 0.2) is 0 Å². The first-order valence-electron chi connectivity index (χ1n) is 3.25. The Morgan fingerprint density at radius 2 is 2.30 bits per heavy atom. The fourth-order valence-electron chi connectivity index (χ4n) is 1.03. The lowest BCUT2D eigenvalue weighted by Crippen LogP contribution is -2.03. The van der Waals surface area contributed by atoms with Crippen molar-refractivity contribution < 1.29 is 0 Å². The van der Waals surface area contributed by atoms with E-state index < -0.39 is 0 Å². The van der Waals surface area contributed by atoms with Gasteiger partial charge in [-0.15, -0.1) is 0 Å². The Hall–Kier alpha value is -1.25. The Bertz CT molecular complexity index is 353. The third-order valence-electron chi connectivity index (χ3n) is 1.54. The van der Waals surface area contributed by atoms with Crippen LogP contribution in [0.5, 0.6) is 0 Å². The van der Waals surface area contributed by atoms with Crippen LogP contribution in [-0.2, 0) is 0 Å². The molecule has 0 aliphatic heterocycles. The molecule has 0 fully saturated rings. The zero-order chi connectivity index (χ0) is 6.97. The third-order valence-corrected chi connectivity index (χ3v) is 1.54. The molecule has 0 N–H and O–H groups in total. The molecule has 0 saturated carbocycles. The molecule has 48 valence electrons. The van der Waals surface area contributed by atoms with Gasteiger partial charge in [-0.1, -0.05) is 11.5 Å². The van der Waals surface area contributed by atoms with Crippen LogP contribution < -0.4 is 5.46 Å². The molecule has 0 saturated heterocycles. The normalized spacial score (nSPS) is 10.4. The molecule has 3 heteroatoms. The number of pyridine rings is 1. The van der Waals surface area contributed by atoms with E-state index in [4.69, 9.17) is 0 Å². The van der Waals surface area contributed by atoms with Gasteiger partial charge in [0.1, 0.15) is 13.5 Å². The quantitative estimate of drug-likeness (QED) is 0.443. The second-order valence-corrected chi connectivity index (χ2v) is 2.40. The first kappa shape index (κ1) is 5.53. The van der Waals surface area contributed by atoms with Crippen LogP contribution in [0.3, 0.4) is 0 Å². The van der Waals surface area contributed by atoms with Crippen LogP contribution >= 0.6 is 0 Å². The summed E-state index contributed by atoms with van der Waals surface area (Å²) in [4.78, 5) is 4.12. The second-order valence-electron chi connectivity index (χ2n) is 2.40. The minimum absolute atomic E-state index is 1.01. The number of hydrogen-bond donors (Lipinski definition) is 0. The van der Waals surface area contributed by atoms with Gasteiger partial charge in [-0.3, -0.25) is 0 Å². The van der Waals surface area contributed by atoms with E-state index in [1.807, 2.05) is 16.7 Å². The molecular formula is C7H7BN2. The number of nitrogens with zero attached hydrogens (tertiary/aromatic N) is 2. The topological polar surface area (TPSA) is 17.3 Å². The Morgan fingerprint density at radius 3 is 3.20 bits per heavy atom. The maximum absolute atomic E-state index is 4.12. The molecule has 0 radical (unpaired) electrons. The van der Waals surface area contributed by atoms with Crippen molar-refractivity contribution >= 4 is 19.0 Å². The van der Waals surface area contributed by atoms with Crippen molar-refractivity contribution in [1.29, 1.82) is 0 Å². The van der Waals surface area contributed by atoms with Gasteiger partial charge in [0.25, 0.3) is 0 Å². The van der Waals surface area contributed by atoms with Crippen LogP contribution in [0, 0.1) is 0 Å². The van der Waals surface area contributed by atoms with Gasteiger partial charge in [-0.05, 0) is 6.07 Å². The van der Waals surface area contributed by atoms with Gasteiger partial charge in [0.2, 0.25) is 0 Å². The largest absolute Gasteiger partial charge is 0.308 e. The van der Waals surface area contributed by atoms with Crippen molar-refractivity contribution in [2.75, 3.05) is 0 Å². The Labute approximate surface area is 59.9 Å². The summed E-state index contributed by atoms with van der Waals surface area (Å²) in [6.07, 6.45) is 5.80. The highest BCUT2D eigenvalue weighted by atomic mass is 15.0. The number of fused-ring (bicyclic) bond motifs is 1. The fourth-order valence-corrected chi connectivity index (χ4v) is 1.03. The zero-order valence-electron chi connectivity index (χ0n) is 5.78. The molecule has 0 aliphatic carbocycles. The van der Waals surface area contributed by atoms with Crippen LogP contribution in [0.1, 0.15) is 0 Å². The van der Waals surface area contributed by atoms with E-state index in [-0.39, 0.29) is 0 Å². The Morgan fingerprint density at radius 1 is 1.40 bits per heavy atom. The highest BCUT2D eigenvalue weighted by Gasteiger charge is 1.89. The summed E-state index contributed by atoms with van der Waals surface area (Å²) >= 11 is 0. The van der Waals surface area contributed by atoms with E-state index in [1.54, 1.807) is 6.20 Å². The minimum atomic E-state index is 1.01. The summed E-state index contributed by atoms with van der Waals surface area (Å²) < 4.78 is 2.01. The van der Waals surface area contributed by atoms with Crippen LogP contribution in [0.4, 0.5) is 0 Å². The van der Waals surface area contributed by atoms with Crippen LogP contribution in [0.15, 0.2) is 30.7 Å². The second kappa shape index (κ2) is 1.87. The lowest BCUT2D eigenvalue weighted by molar-refractivity contribution is 1.20. The number of rotatable bonds is 0. The molecule has 2 rings (SSSR count). The SMILES string of the molecule is Bc1ccc2nccn2c1. The van der Waals surface area contributed by atoms with Crippen molar-refractivity contribution in [1.82, 2.24) is 9.38 Å². The number of aromatic nitrogens is 2. The summed E-state index contributed by atoms with van der Waals surface area (Å²) in [6, 6.07) is 4.07. The van der Waals surface area contributed by atoms with E-state index in [2.05, 4.69) is 25.1 Å². The molecular weight excluding hydrogens is 123 g/mol. The Kier molecular flexibility index (Phi) is 1.03. The molecule has 2 nitrogen and oxygen atoms in total. The number of hydrogen-bond acceptors (Lipinski definition) is 1. The summed E-state index contributed by atoms with van der Waals surface area (Å²) in [5.41, 5.74) is 2.26. The molecule has 0 aliphatic rings. The average Bonchev–Trinajstić information content (AvgIpc) is 2.33. The van der Waals surface area contributed by atoms with E-state index >= 15 is 0 Å². The smallest absolute Gasteiger partial charge is 0.141 e. The predicted octanol–water partition coefficient (Wildman–Crippen LogP) is -0.407. The molecule has 2 aromatic rings. The highest BCUT2D eigenvalue weighted by molar-refractivity contribution is 6.32. The molecule has 0 atom stereocenters. The van der Waals surface area contributed by atoms with E-state index in [9.17, 15) is 0 Å². The van der Waals surface area contributed by atoms with Gasteiger partial charge >= 0.3 is 0 Å².